The highest BCUT2D eigenvalue weighted by atomic mass is 32.1. The first kappa shape index (κ1) is 19.8. The van der Waals surface area contributed by atoms with Gasteiger partial charge in [-0.15, -0.1) is 0 Å². The lowest BCUT2D eigenvalue weighted by molar-refractivity contribution is -0.137. The van der Waals surface area contributed by atoms with E-state index < -0.39 is 23.0 Å². The molecule has 2 spiro atoms. The molecular formula is C26H19N3O3S. The first-order chi connectivity index (χ1) is 16.0. The molecule has 3 aliphatic rings. The van der Waals surface area contributed by atoms with Crippen LogP contribution in [0.2, 0.25) is 0 Å². The molecule has 3 aromatic carbocycles. The quantitative estimate of drug-likeness (QED) is 0.476. The lowest BCUT2D eigenvalue weighted by Crippen LogP contribution is -2.51. The maximum absolute atomic E-state index is 13.9. The number of carbonyl (C=O) groups is 2. The molecule has 3 aromatic rings. The molecule has 0 aromatic heterocycles. The summed E-state index contributed by atoms with van der Waals surface area (Å²) in [7, 11) is 1.74. The second-order valence-corrected chi connectivity index (χ2v) is 8.83. The second kappa shape index (κ2) is 6.83. The number of hydrogen-bond acceptors (Lipinski definition) is 5. The molecule has 6 nitrogen and oxygen atoms in total. The number of cyclic esters (lactones) is 1. The number of benzene rings is 3. The number of fused-ring (bicyclic) bond motifs is 2. The molecule has 1 saturated heterocycles. The van der Waals surface area contributed by atoms with Crippen LogP contribution in [0, 0.1) is 0 Å². The monoisotopic (exact) mass is 453 g/mol. The van der Waals surface area contributed by atoms with Gasteiger partial charge in [0.1, 0.15) is 4.99 Å². The molecule has 0 unspecified atom stereocenters. The molecule has 0 bridgehead atoms. The average molecular weight is 454 g/mol. The van der Waals surface area contributed by atoms with Crippen LogP contribution in [0.5, 0.6) is 0 Å². The number of aliphatic imine (C=N–C) groups is 1. The number of nitrogens with zero attached hydrogens (tertiary/aromatic N) is 2. The van der Waals surface area contributed by atoms with Gasteiger partial charge in [0.15, 0.2) is 5.54 Å². The van der Waals surface area contributed by atoms with E-state index in [0.717, 1.165) is 16.8 Å². The van der Waals surface area contributed by atoms with Gasteiger partial charge < -0.3 is 15.0 Å². The molecule has 3 heterocycles. The number of nitrogens with one attached hydrogen (secondary N) is 1. The zero-order valence-electron chi connectivity index (χ0n) is 17.7. The van der Waals surface area contributed by atoms with Crippen LogP contribution in [0.1, 0.15) is 22.6 Å². The number of anilines is 1. The van der Waals surface area contributed by atoms with Crippen molar-refractivity contribution in [2.24, 2.45) is 4.99 Å². The highest BCUT2D eigenvalue weighted by Crippen LogP contribution is 2.58. The molecule has 3 atom stereocenters. The van der Waals surface area contributed by atoms with Gasteiger partial charge in [-0.1, -0.05) is 78.9 Å². The molecule has 0 aliphatic carbocycles. The number of hydrogen-bond donors (Lipinski definition) is 1. The predicted octanol–water partition coefficient (Wildman–Crippen LogP) is 3.32. The normalized spacial score (nSPS) is 27.7. The van der Waals surface area contributed by atoms with Gasteiger partial charge in [0, 0.05) is 23.9 Å². The Balaban J connectivity index is 1.65. The van der Waals surface area contributed by atoms with Gasteiger partial charge in [-0.2, -0.15) is 0 Å². The largest absolute Gasteiger partial charge is 0.405 e. The first-order valence-corrected chi connectivity index (χ1v) is 11.0. The summed E-state index contributed by atoms with van der Waals surface area (Å²) < 4.78 is 5.72. The minimum Gasteiger partial charge on any atom is -0.405 e. The maximum atomic E-state index is 13.9. The fourth-order valence-electron chi connectivity index (χ4n) is 5.34. The SMILES string of the molecule is CN1C(=O)[C@]2(NC(=S)[C@]3(N=C(c4ccccc4)OC3=O)[C@@H]2c2ccccc2)c2ccccc21. The topological polar surface area (TPSA) is 71.0 Å². The summed E-state index contributed by atoms with van der Waals surface area (Å²) >= 11 is 5.79. The average Bonchev–Trinajstić information content (AvgIpc) is 3.41. The van der Waals surface area contributed by atoms with E-state index in [1.165, 1.54) is 0 Å². The van der Waals surface area contributed by atoms with Gasteiger partial charge in [0.05, 0.1) is 5.92 Å². The lowest BCUT2D eigenvalue weighted by Gasteiger charge is -2.33. The van der Waals surface area contributed by atoms with Crippen LogP contribution < -0.4 is 10.2 Å². The molecule has 0 radical (unpaired) electrons. The van der Waals surface area contributed by atoms with E-state index in [4.69, 9.17) is 21.9 Å². The summed E-state index contributed by atoms with van der Waals surface area (Å²) in [4.78, 5) is 34.2. The van der Waals surface area contributed by atoms with Crippen molar-refractivity contribution in [1.29, 1.82) is 0 Å². The molecule has 162 valence electrons. The van der Waals surface area contributed by atoms with Gasteiger partial charge in [-0.05, 0) is 23.8 Å². The number of esters is 1. The highest BCUT2D eigenvalue weighted by molar-refractivity contribution is 7.80. The van der Waals surface area contributed by atoms with Gasteiger partial charge >= 0.3 is 5.97 Å². The van der Waals surface area contributed by atoms with Crippen LogP contribution in [0.25, 0.3) is 0 Å². The summed E-state index contributed by atoms with van der Waals surface area (Å²) in [5.74, 6) is -1.29. The van der Waals surface area contributed by atoms with Crippen molar-refractivity contribution >= 4 is 40.7 Å². The van der Waals surface area contributed by atoms with Crippen molar-refractivity contribution in [2.45, 2.75) is 17.0 Å². The maximum Gasteiger partial charge on any atom is 0.348 e. The van der Waals surface area contributed by atoms with E-state index in [1.54, 1.807) is 11.9 Å². The van der Waals surface area contributed by atoms with Gasteiger partial charge in [-0.3, -0.25) is 4.79 Å². The summed E-state index contributed by atoms with van der Waals surface area (Å²) in [6.45, 7) is 0. The Labute approximate surface area is 195 Å². The number of carbonyl (C=O) groups excluding carboxylic acids is 2. The summed E-state index contributed by atoms with van der Waals surface area (Å²) in [6.07, 6.45) is 0. The van der Waals surface area contributed by atoms with Crippen molar-refractivity contribution in [3.63, 3.8) is 0 Å². The Bertz CT molecular complexity index is 1360. The summed E-state index contributed by atoms with van der Waals surface area (Å²) in [5, 5.41) is 3.28. The number of ether oxygens (including phenoxy) is 1. The molecular weight excluding hydrogens is 434 g/mol. The van der Waals surface area contributed by atoms with Crippen LogP contribution in [-0.2, 0) is 19.9 Å². The van der Waals surface area contributed by atoms with E-state index in [0.29, 0.717) is 5.56 Å². The Hall–Kier alpha value is -3.84. The van der Waals surface area contributed by atoms with Gasteiger partial charge in [0.25, 0.3) is 5.91 Å². The van der Waals surface area contributed by atoms with Crippen LogP contribution in [-0.4, -0.2) is 35.3 Å². The molecule has 3 aliphatic heterocycles. The number of rotatable bonds is 2. The minimum absolute atomic E-state index is 0.186. The van der Waals surface area contributed by atoms with Crippen LogP contribution in [0.15, 0.2) is 89.9 Å². The fourth-order valence-corrected chi connectivity index (χ4v) is 5.75. The van der Waals surface area contributed by atoms with Crippen molar-refractivity contribution in [3.05, 3.63) is 102 Å². The Kier molecular flexibility index (Phi) is 4.10. The molecule has 1 amide bonds. The van der Waals surface area contributed by atoms with Gasteiger partial charge in [-0.25, -0.2) is 9.79 Å². The smallest absolute Gasteiger partial charge is 0.348 e. The van der Waals surface area contributed by atoms with Crippen LogP contribution in [0.4, 0.5) is 5.69 Å². The summed E-state index contributed by atoms with van der Waals surface area (Å²) in [6, 6.07) is 26.3. The minimum atomic E-state index is -1.56. The van der Waals surface area contributed by atoms with E-state index >= 15 is 0 Å². The number of thiocarbonyl (C=S) groups is 1. The first-order valence-electron chi connectivity index (χ1n) is 10.6. The zero-order chi connectivity index (χ0) is 22.8. The van der Waals surface area contributed by atoms with Gasteiger partial charge in [0.2, 0.25) is 11.4 Å². The predicted molar refractivity (Wildman–Crippen MR) is 128 cm³/mol. The Morgan fingerprint density at radius 1 is 0.939 bits per heavy atom. The van der Waals surface area contributed by atoms with E-state index in [9.17, 15) is 9.59 Å². The van der Waals surface area contributed by atoms with E-state index in [-0.39, 0.29) is 16.8 Å². The fraction of sp³-hybridized carbons (Fsp3) is 0.154. The molecule has 0 saturated carbocycles. The Morgan fingerprint density at radius 2 is 1.58 bits per heavy atom. The van der Waals surface area contributed by atoms with E-state index in [1.807, 2.05) is 84.9 Å². The number of amides is 1. The molecule has 1 fully saturated rings. The lowest BCUT2D eigenvalue weighted by atomic mass is 9.69. The van der Waals surface area contributed by atoms with Crippen molar-refractivity contribution in [2.75, 3.05) is 11.9 Å². The van der Waals surface area contributed by atoms with E-state index in [2.05, 4.69) is 5.32 Å². The highest BCUT2D eigenvalue weighted by Gasteiger charge is 2.73. The third-order valence-electron chi connectivity index (χ3n) is 6.77. The number of likely N-dealkylation sites (N-methyl/N-ethyl adjacent to an activating group) is 1. The van der Waals surface area contributed by atoms with Crippen LogP contribution >= 0.6 is 12.2 Å². The third-order valence-corrected chi connectivity index (χ3v) is 7.19. The van der Waals surface area contributed by atoms with Crippen molar-refractivity contribution in [3.8, 4) is 0 Å². The van der Waals surface area contributed by atoms with Crippen molar-refractivity contribution in [1.82, 2.24) is 5.32 Å². The summed E-state index contributed by atoms with van der Waals surface area (Å²) in [5.41, 5.74) is 0.150. The molecule has 7 heteroatoms. The zero-order valence-corrected chi connectivity index (χ0v) is 18.5. The molecule has 33 heavy (non-hydrogen) atoms. The second-order valence-electron chi connectivity index (χ2n) is 8.43. The standard InChI is InChI=1S/C26H19N3O3S/c1-29-19-15-9-8-14-18(19)25(23(29)30)20(16-10-4-2-5-11-16)26(22(33)28-25)24(31)32-21(27-26)17-12-6-3-7-13-17/h2-15,20H,1H3,(H,28,33)/t20-,25+,26-/m1/s1. The molecule has 1 N–H and O–H groups in total. The van der Waals surface area contributed by atoms with Crippen LogP contribution in [0.3, 0.4) is 0 Å². The third kappa shape index (κ3) is 2.42. The molecule has 6 rings (SSSR count). The number of para-hydroxylation sites is 1. The Morgan fingerprint density at radius 3 is 2.30 bits per heavy atom. The van der Waals surface area contributed by atoms with Crippen molar-refractivity contribution < 1.29 is 14.3 Å².